The number of carbonyl (C=O) groups excluding carboxylic acids is 1. The molecule has 2 aromatic carbocycles. The van der Waals surface area contributed by atoms with E-state index < -0.39 is 6.10 Å². The van der Waals surface area contributed by atoms with Crippen LogP contribution in [0.1, 0.15) is 23.6 Å². The number of amides is 1. The van der Waals surface area contributed by atoms with Crippen LogP contribution in [0.3, 0.4) is 0 Å². The molecule has 0 radical (unpaired) electrons. The van der Waals surface area contributed by atoms with E-state index in [4.69, 9.17) is 4.74 Å². The van der Waals surface area contributed by atoms with Gasteiger partial charge in [0.25, 0.3) is 5.91 Å². The first-order valence-corrected chi connectivity index (χ1v) is 7.72. The zero-order valence-electron chi connectivity index (χ0n) is 13.7. The fourth-order valence-electron chi connectivity index (χ4n) is 2.17. The van der Waals surface area contributed by atoms with Gasteiger partial charge in [0, 0.05) is 6.54 Å². The number of rotatable bonds is 6. The molecule has 0 saturated heterocycles. The second kappa shape index (κ2) is 7.77. The van der Waals surface area contributed by atoms with Crippen molar-refractivity contribution in [2.75, 3.05) is 6.54 Å². The van der Waals surface area contributed by atoms with E-state index >= 15 is 0 Å². The number of aryl methyl sites for hydroxylation is 2. The molecule has 0 spiro atoms. The third kappa shape index (κ3) is 5.09. The summed E-state index contributed by atoms with van der Waals surface area (Å²) < 4.78 is 18.5. The molecule has 0 unspecified atom stereocenters. The van der Waals surface area contributed by atoms with E-state index in [1.54, 1.807) is 19.1 Å². The lowest BCUT2D eigenvalue weighted by Crippen LogP contribution is -2.37. The molecule has 0 saturated carbocycles. The Hall–Kier alpha value is -2.36. The molecule has 122 valence electrons. The van der Waals surface area contributed by atoms with Gasteiger partial charge in [0.2, 0.25) is 0 Å². The quantitative estimate of drug-likeness (QED) is 0.885. The van der Waals surface area contributed by atoms with E-state index in [0.29, 0.717) is 18.7 Å². The molecule has 23 heavy (non-hydrogen) atoms. The summed E-state index contributed by atoms with van der Waals surface area (Å²) in [7, 11) is 0. The third-order valence-corrected chi connectivity index (χ3v) is 3.79. The van der Waals surface area contributed by atoms with Crippen LogP contribution in [0.5, 0.6) is 5.75 Å². The van der Waals surface area contributed by atoms with E-state index in [-0.39, 0.29) is 11.7 Å². The molecular formula is C19H22FNO2. The Morgan fingerprint density at radius 1 is 1.13 bits per heavy atom. The van der Waals surface area contributed by atoms with Crippen LogP contribution in [0.2, 0.25) is 0 Å². The average Bonchev–Trinajstić information content (AvgIpc) is 2.52. The van der Waals surface area contributed by atoms with Crippen LogP contribution in [-0.2, 0) is 11.2 Å². The summed E-state index contributed by atoms with van der Waals surface area (Å²) >= 11 is 0. The smallest absolute Gasteiger partial charge is 0.260 e. The molecular weight excluding hydrogens is 293 g/mol. The summed E-state index contributed by atoms with van der Waals surface area (Å²) in [6.45, 7) is 6.26. The zero-order valence-corrected chi connectivity index (χ0v) is 13.7. The Balaban J connectivity index is 1.80. The van der Waals surface area contributed by atoms with Gasteiger partial charge in [-0.15, -0.1) is 0 Å². The largest absolute Gasteiger partial charge is 0.481 e. The van der Waals surface area contributed by atoms with Gasteiger partial charge < -0.3 is 10.1 Å². The molecule has 0 fully saturated rings. The van der Waals surface area contributed by atoms with Gasteiger partial charge in [-0.05, 0) is 68.1 Å². The van der Waals surface area contributed by atoms with Crippen molar-refractivity contribution >= 4 is 5.91 Å². The van der Waals surface area contributed by atoms with E-state index in [1.165, 1.54) is 17.7 Å². The van der Waals surface area contributed by atoms with Crippen molar-refractivity contribution in [3.8, 4) is 5.75 Å². The summed E-state index contributed by atoms with van der Waals surface area (Å²) in [5, 5.41) is 2.83. The molecule has 0 aromatic heterocycles. The number of ether oxygens (including phenoxy) is 1. The summed E-state index contributed by atoms with van der Waals surface area (Å²) in [5.41, 5.74) is 3.30. The van der Waals surface area contributed by atoms with Crippen LogP contribution in [-0.4, -0.2) is 18.6 Å². The number of benzene rings is 2. The van der Waals surface area contributed by atoms with Crippen LogP contribution in [0.25, 0.3) is 0 Å². The number of hydrogen-bond acceptors (Lipinski definition) is 2. The number of hydrogen-bond donors (Lipinski definition) is 1. The van der Waals surface area contributed by atoms with Crippen molar-refractivity contribution in [1.29, 1.82) is 0 Å². The van der Waals surface area contributed by atoms with Gasteiger partial charge in [-0.1, -0.05) is 18.2 Å². The first kappa shape index (κ1) is 17.0. The standard InChI is InChI=1S/C19H22FNO2/c1-13-4-9-18(12-14(13)2)23-15(3)19(22)21-11-10-16-5-7-17(20)8-6-16/h4-9,12,15H,10-11H2,1-3H3,(H,21,22)/t15-/m0/s1. The molecule has 0 aliphatic rings. The monoisotopic (exact) mass is 315 g/mol. The molecule has 1 amide bonds. The van der Waals surface area contributed by atoms with Crippen LogP contribution in [0.15, 0.2) is 42.5 Å². The molecule has 0 aliphatic carbocycles. The molecule has 2 aromatic rings. The molecule has 2 rings (SSSR count). The van der Waals surface area contributed by atoms with Crippen molar-refractivity contribution < 1.29 is 13.9 Å². The lowest BCUT2D eigenvalue weighted by molar-refractivity contribution is -0.127. The molecule has 0 aliphatic heterocycles. The molecule has 0 heterocycles. The highest BCUT2D eigenvalue weighted by molar-refractivity contribution is 5.80. The fraction of sp³-hybridized carbons (Fsp3) is 0.316. The first-order valence-electron chi connectivity index (χ1n) is 7.72. The molecule has 3 nitrogen and oxygen atoms in total. The van der Waals surface area contributed by atoms with Crippen LogP contribution in [0.4, 0.5) is 4.39 Å². The Morgan fingerprint density at radius 2 is 1.83 bits per heavy atom. The van der Waals surface area contributed by atoms with Crippen LogP contribution in [0, 0.1) is 19.7 Å². The maximum atomic E-state index is 12.8. The highest BCUT2D eigenvalue weighted by Gasteiger charge is 2.14. The molecule has 1 N–H and O–H groups in total. The summed E-state index contributed by atoms with van der Waals surface area (Å²) in [4.78, 5) is 12.0. The van der Waals surface area contributed by atoms with Crippen molar-refractivity contribution in [3.63, 3.8) is 0 Å². The summed E-state index contributed by atoms with van der Waals surface area (Å²) in [6.07, 6.45) is 0.0906. The highest BCUT2D eigenvalue weighted by Crippen LogP contribution is 2.17. The van der Waals surface area contributed by atoms with Crippen LogP contribution >= 0.6 is 0 Å². The second-order valence-electron chi connectivity index (χ2n) is 5.67. The average molecular weight is 315 g/mol. The molecule has 0 bridgehead atoms. The predicted octanol–water partition coefficient (Wildman–Crippen LogP) is 3.57. The second-order valence-corrected chi connectivity index (χ2v) is 5.67. The van der Waals surface area contributed by atoms with Crippen molar-refractivity contribution in [3.05, 3.63) is 65.0 Å². The Morgan fingerprint density at radius 3 is 2.48 bits per heavy atom. The Kier molecular flexibility index (Phi) is 5.74. The van der Waals surface area contributed by atoms with E-state index in [0.717, 1.165) is 11.1 Å². The van der Waals surface area contributed by atoms with Crippen LogP contribution < -0.4 is 10.1 Å². The number of carbonyl (C=O) groups is 1. The van der Waals surface area contributed by atoms with Gasteiger partial charge in [-0.3, -0.25) is 4.79 Å². The van der Waals surface area contributed by atoms with E-state index in [2.05, 4.69) is 5.32 Å². The minimum absolute atomic E-state index is 0.162. The van der Waals surface area contributed by atoms with Gasteiger partial charge in [0.15, 0.2) is 6.10 Å². The van der Waals surface area contributed by atoms with E-state index in [1.807, 2.05) is 32.0 Å². The van der Waals surface area contributed by atoms with Gasteiger partial charge in [0.1, 0.15) is 11.6 Å². The summed E-state index contributed by atoms with van der Waals surface area (Å²) in [6, 6.07) is 12.0. The van der Waals surface area contributed by atoms with E-state index in [9.17, 15) is 9.18 Å². The molecule has 4 heteroatoms. The lowest BCUT2D eigenvalue weighted by Gasteiger charge is -2.15. The van der Waals surface area contributed by atoms with Crippen molar-refractivity contribution in [2.45, 2.75) is 33.3 Å². The summed E-state index contributed by atoms with van der Waals surface area (Å²) in [5.74, 6) is 0.271. The van der Waals surface area contributed by atoms with Gasteiger partial charge in [0.05, 0.1) is 0 Å². The first-order chi connectivity index (χ1) is 11.0. The van der Waals surface area contributed by atoms with Gasteiger partial charge in [-0.2, -0.15) is 0 Å². The minimum atomic E-state index is -0.565. The number of nitrogens with one attached hydrogen (secondary N) is 1. The minimum Gasteiger partial charge on any atom is -0.481 e. The Bertz CT molecular complexity index is 668. The Labute approximate surface area is 136 Å². The maximum absolute atomic E-state index is 12.8. The maximum Gasteiger partial charge on any atom is 0.260 e. The topological polar surface area (TPSA) is 38.3 Å². The number of halogens is 1. The zero-order chi connectivity index (χ0) is 16.8. The van der Waals surface area contributed by atoms with Gasteiger partial charge in [-0.25, -0.2) is 4.39 Å². The molecule has 1 atom stereocenters. The normalized spacial score (nSPS) is 11.8. The SMILES string of the molecule is Cc1ccc(O[C@@H](C)C(=O)NCCc2ccc(F)cc2)cc1C. The predicted molar refractivity (Wildman–Crippen MR) is 89.1 cm³/mol. The fourth-order valence-corrected chi connectivity index (χ4v) is 2.17. The van der Waals surface area contributed by atoms with Gasteiger partial charge >= 0.3 is 0 Å². The van der Waals surface area contributed by atoms with Crippen molar-refractivity contribution in [1.82, 2.24) is 5.32 Å². The van der Waals surface area contributed by atoms with Crippen molar-refractivity contribution in [2.24, 2.45) is 0 Å². The third-order valence-electron chi connectivity index (χ3n) is 3.79. The lowest BCUT2D eigenvalue weighted by atomic mass is 10.1. The highest BCUT2D eigenvalue weighted by atomic mass is 19.1.